The number of nitrogens with two attached hydrogens (primary N) is 4. The quantitative estimate of drug-likeness (QED) is 0.0350. The van der Waals surface area contributed by atoms with Crippen LogP contribution in [-0.2, 0) is 24.0 Å². The molecule has 270 valence electrons. The minimum absolute atomic E-state index is 0.0679. The Morgan fingerprint density at radius 2 is 1.39 bits per heavy atom. The minimum Gasteiger partial charge on any atom is -0.370 e. The highest BCUT2D eigenvalue weighted by Crippen LogP contribution is 2.23. The van der Waals surface area contributed by atoms with Gasteiger partial charge >= 0.3 is 0 Å². The molecule has 4 atom stereocenters. The fourth-order valence-corrected chi connectivity index (χ4v) is 5.94. The van der Waals surface area contributed by atoms with E-state index in [1.807, 2.05) is 32.0 Å². The standard InChI is InChI=1S/C32H50N10O6S/c1-18(2)17-24(41-29(47)23(13-14-26(34)44)40-28(46)22(38-19(3)43)10-6-7-15-33)30(48)39-21(11-8-16-37-32(35)36)27(45)31-42-20-9-4-5-12-25(20)49-31/h4-5,9,12,18,21-24H,6-8,10-11,13-17,33H2,1-3H3,(H2,34,44)(H,38,43)(H,39,48)(H,40,46)(H,41,47)(H4,35,36,37)/t21?,22-,23-,24-/m0/s1. The molecule has 0 radical (unpaired) electrons. The molecule has 0 bridgehead atoms. The van der Waals surface area contributed by atoms with Gasteiger partial charge in [-0.15, -0.1) is 11.3 Å². The predicted octanol–water partition coefficient (Wildman–Crippen LogP) is -0.0677. The van der Waals surface area contributed by atoms with Crippen molar-refractivity contribution in [3.8, 4) is 0 Å². The van der Waals surface area contributed by atoms with Crippen LogP contribution in [0.4, 0.5) is 0 Å². The maximum Gasteiger partial charge on any atom is 0.243 e. The Labute approximate surface area is 290 Å². The third kappa shape index (κ3) is 14.6. The molecule has 1 aromatic heterocycles. The number of primary amides is 1. The zero-order valence-corrected chi connectivity index (χ0v) is 29.1. The smallest absolute Gasteiger partial charge is 0.243 e. The topological polar surface area (TPSA) is 280 Å². The van der Waals surface area contributed by atoms with E-state index in [1.54, 1.807) is 6.07 Å². The summed E-state index contributed by atoms with van der Waals surface area (Å²) in [5.41, 5.74) is 22.4. The average molecular weight is 703 g/mol. The summed E-state index contributed by atoms with van der Waals surface area (Å²) in [6.07, 6.45) is 1.81. The number of thiazole rings is 1. The third-order valence-electron chi connectivity index (χ3n) is 7.38. The Morgan fingerprint density at radius 3 is 1.98 bits per heavy atom. The van der Waals surface area contributed by atoms with Crippen LogP contribution < -0.4 is 44.2 Å². The van der Waals surface area contributed by atoms with Gasteiger partial charge in [-0.1, -0.05) is 26.0 Å². The van der Waals surface area contributed by atoms with Crippen molar-refractivity contribution >= 4 is 62.8 Å². The monoisotopic (exact) mass is 702 g/mol. The second-order valence-electron chi connectivity index (χ2n) is 12.2. The number of amides is 5. The van der Waals surface area contributed by atoms with Crippen molar-refractivity contribution in [1.29, 1.82) is 0 Å². The molecule has 2 aromatic rings. The van der Waals surface area contributed by atoms with E-state index in [1.165, 1.54) is 18.3 Å². The molecule has 0 aliphatic rings. The van der Waals surface area contributed by atoms with Crippen LogP contribution in [0, 0.1) is 5.92 Å². The number of carbonyl (C=O) groups is 6. The SMILES string of the molecule is CC(=O)N[C@@H](CCCCN)C(=O)N[C@@H](CCC(N)=O)C(=O)N[C@@H](CC(C)C)C(=O)NC(CCCN=C(N)N)C(=O)c1nc2ccccc2s1. The second-order valence-corrected chi connectivity index (χ2v) is 13.2. The van der Waals surface area contributed by atoms with Crippen molar-refractivity contribution in [3.63, 3.8) is 0 Å². The molecule has 0 spiro atoms. The summed E-state index contributed by atoms with van der Waals surface area (Å²) < 4.78 is 0.811. The molecular weight excluding hydrogens is 652 g/mol. The van der Waals surface area contributed by atoms with Crippen LogP contribution in [0.3, 0.4) is 0 Å². The molecular formula is C32H50N10O6S. The number of benzene rings is 1. The van der Waals surface area contributed by atoms with E-state index >= 15 is 0 Å². The Morgan fingerprint density at radius 1 is 0.796 bits per heavy atom. The first-order valence-electron chi connectivity index (χ1n) is 16.3. The predicted molar refractivity (Wildman–Crippen MR) is 188 cm³/mol. The van der Waals surface area contributed by atoms with E-state index in [-0.39, 0.29) is 55.5 Å². The van der Waals surface area contributed by atoms with E-state index in [2.05, 4.69) is 31.2 Å². The zero-order valence-electron chi connectivity index (χ0n) is 28.3. The largest absolute Gasteiger partial charge is 0.370 e. The van der Waals surface area contributed by atoms with Crippen molar-refractivity contribution in [2.45, 2.75) is 96.3 Å². The lowest BCUT2D eigenvalue weighted by molar-refractivity contribution is -0.134. The first-order valence-corrected chi connectivity index (χ1v) is 17.1. The fraction of sp³-hybridized carbons (Fsp3) is 0.562. The van der Waals surface area contributed by atoms with Crippen LogP contribution in [0.5, 0.6) is 0 Å². The van der Waals surface area contributed by atoms with Gasteiger partial charge in [0.1, 0.15) is 18.1 Å². The molecule has 17 heteroatoms. The Hall–Kier alpha value is -4.64. The number of fused-ring (bicyclic) bond motifs is 1. The van der Waals surface area contributed by atoms with Gasteiger partial charge in [0.15, 0.2) is 11.0 Å². The number of unbranched alkanes of at least 4 members (excludes halogenated alkanes) is 1. The summed E-state index contributed by atoms with van der Waals surface area (Å²) in [7, 11) is 0. The summed E-state index contributed by atoms with van der Waals surface area (Å²) in [5.74, 6) is -3.70. The molecule has 12 N–H and O–H groups in total. The number of hydrogen-bond acceptors (Lipinski definition) is 10. The van der Waals surface area contributed by atoms with Crippen LogP contribution in [-0.4, -0.2) is 83.5 Å². The molecule has 0 saturated carbocycles. The second kappa shape index (κ2) is 20.7. The molecule has 1 aromatic carbocycles. The van der Waals surface area contributed by atoms with Gasteiger partial charge in [-0.2, -0.15) is 0 Å². The average Bonchev–Trinajstić information content (AvgIpc) is 3.47. The number of guanidine groups is 1. The van der Waals surface area contributed by atoms with Crippen LogP contribution in [0.2, 0.25) is 0 Å². The number of Topliss-reactive ketones (excluding diaryl/α,β-unsaturated/α-hetero) is 1. The minimum atomic E-state index is -1.26. The number of aliphatic imine (C=N–C) groups is 1. The molecule has 16 nitrogen and oxygen atoms in total. The molecule has 5 amide bonds. The van der Waals surface area contributed by atoms with E-state index in [0.29, 0.717) is 31.3 Å². The van der Waals surface area contributed by atoms with Crippen molar-refractivity contribution in [2.24, 2.45) is 33.8 Å². The van der Waals surface area contributed by atoms with Gasteiger partial charge in [-0.05, 0) is 69.5 Å². The zero-order chi connectivity index (χ0) is 36.5. The molecule has 1 heterocycles. The van der Waals surface area contributed by atoms with Gasteiger partial charge in [0.2, 0.25) is 35.3 Å². The van der Waals surface area contributed by atoms with Crippen LogP contribution >= 0.6 is 11.3 Å². The summed E-state index contributed by atoms with van der Waals surface area (Å²) in [4.78, 5) is 86.2. The number of ketones is 1. The Bertz CT molecular complexity index is 1440. The number of para-hydroxylation sites is 1. The maximum absolute atomic E-state index is 13.8. The molecule has 0 fully saturated rings. The van der Waals surface area contributed by atoms with Crippen LogP contribution in [0.15, 0.2) is 29.3 Å². The molecule has 1 unspecified atom stereocenters. The summed E-state index contributed by atoms with van der Waals surface area (Å²) in [5, 5.41) is 10.9. The van der Waals surface area contributed by atoms with E-state index in [0.717, 1.165) is 4.70 Å². The number of rotatable bonds is 22. The van der Waals surface area contributed by atoms with Gasteiger partial charge in [0, 0.05) is 19.9 Å². The molecule has 0 saturated heterocycles. The Balaban J connectivity index is 2.30. The lowest BCUT2D eigenvalue weighted by Crippen LogP contribution is -2.58. The fourth-order valence-electron chi connectivity index (χ4n) is 4.98. The Kier molecular flexibility index (Phi) is 17.1. The number of hydrogen-bond donors (Lipinski definition) is 8. The van der Waals surface area contributed by atoms with E-state index < -0.39 is 59.5 Å². The molecule has 2 rings (SSSR count). The number of nitrogens with one attached hydrogen (secondary N) is 4. The molecule has 0 aliphatic carbocycles. The highest BCUT2D eigenvalue weighted by Gasteiger charge is 2.32. The van der Waals surface area contributed by atoms with Crippen molar-refractivity contribution < 1.29 is 28.8 Å². The van der Waals surface area contributed by atoms with Gasteiger partial charge in [0.25, 0.3) is 0 Å². The number of aromatic nitrogens is 1. The first-order chi connectivity index (χ1) is 23.2. The van der Waals surface area contributed by atoms with Crippen molar-refractivity contribution in [3.05, 3.63) is 29.3 Å². The summed E-state index contributed by atoms with van der Waals surface area (Å²) in [6, 6.07) is 2.95. The summed E-state index contributed by atoms with van der Waals surface area (Å²) >= 11 is 1.20. The third-order valence-corrected chi connectivity index (χ3v) is 8.43. The van der Waals surface area contributed by atoms with Gasteiger partial charge in [0.05, 0.1) is 16.3 Å². The van der Waals surface area contributed by atoms with Crippen molar-refractivity contribution in [1.82, 2.24) is 26.3 Å². The summed E-state index contributed by atoms with van der Waals surface area (Å²) in [6.45, 7) is 5.61. The highest BCUT2D eigenvalue weighted by molar-refractivity contribution is 7.20. The van der Waals surface area contributed by atoms with Crippen molar-refractivity contribution in [2.75, 3.05) is 13.1 Å². The van der Waals surface area contributed by atoms with Gasteiger partial charge in [-0.3, -0.25) is 33.8 Å². The van der Waals surface area contributed by atoms with E-state index in [4.69, 9.17) is 22.9 Å². The highest BCUT2D eigenvalue weighted by atomic mass is 32.1. The van der Waals surface area contributed by atoms with Gasteiger partial charge < -0.3 is 44.2 Å². The number of nitrogens with zero attached hydrogens (tertiary/aromatic N) is 2. The maximum atomic E-state index is 13.8. The lowest BCUT2D eigenvalue weighted by atomic mass is 10.00. The molecule has 0 aliphatic heterocycles. The van der Waals surface area contributed by atoms with Gasteiger partial charge in [-0.25, -0.2) is 4.98 Å². The van der Waals surface area contributed by atoms with Crippen LogP contribution in [0.25, 0.3) is 10.2 Å². The normalized spacial score (nSPS) is 13.5. The van der Waals surface area contributed by atoms with E-state index in [9.17, 15) is 28.8 Å². The first kappa shape index (κ1) is 40.5. The molecule has 49 heavy (non-hydrogen) atoms. The van der Waals surface area contributed by atoms with Crippen LogP contribution in [0.1, 0.15) is 81.9 Å². The lowest BCUT2D eigenvalue weighted by Gasteiger charge is -2.27. The number of carbonyl (C=O) groups excluding carboxylic acids is 6.